The number of rotatable bonds is 1. The zero-order valence-corrected chi connectivity index (χ0v) is 9.26. The first-order valence-corrected chi connectivity index (χ1v) is 6.09. The van der Waals surface area contributed by atoms with Gasteiger partial charge in [-0.1, -0.05) is 0 Å². The Morgan fingerprint density at radius 1 is 1.36 bits per heavy atom. The molecule has 0 aliphatic carbocycles. The second-order valence-electron chi connectivity index (χ2n) is 4.18. The van der Waals surface area contributed by atoms with Gasteiger partial charge in [0.2, 0.25) is 0 Å². The van der Waals surface area contributed by atoms with Crippen molar-refractivity contribution in [2.45, 2.75) is 13.0 Å². The van der Waals surface area contributed by atoms with E-state index < -0.39 is 0 Å². The van der Waals surface area contributed by atoms with Crippen LogP contribution in [0, 0.1) is 6.92 Å². The normalized spacial score (nSPS) is 36.2. The number of piperazine rings is 3. The molecule has 0 N–H and O–H groups in total. The van der Waals surface area contributed by atoms with Gasteiger partial charge in [-0.2, -0.15) is 0 Å². The molecule has 0 amide bonds. The predicted octanol–water partition coefficient (Wildman–Crippen LogP) is 1.12. The van der Waals surface area contributed by atoms with E-state index in [4.69, 9.17) is 0 Å². The topological polar surface area (TPSA) is 19.4 Å². The quantitative estimate of drug-likeness (QED) is 0.691. The molecule has 0 saturated carbocycles. The van der Waals surface area contributed by atoms with Crippen molar-refractivity contribution in [3.05, 3.63) is 16.1 Å². The van der Waals surface area contributed by atoms with Crippen LogP contribution in [0.4, 0.5) is 0 Å². The van der Waals surface area contributed by atoms with E-state index in [9.17, 15) is 0 Å². The summed E-state index contributed by atoms with van der Waals surface area (Å²) < 4.78 is 0. The van der Waals surface area contributed by atoms with Gasteiger partial charge in [-0.3, -0.25) is 9.80 Å². The Bertz CT molecular complexity index is 328. The fourth-order valence-corrected chi connectivity index (χ4v) is 3.30. The molecule has 0 spiro atoms. The van der Waals surface area contributed by atoms with Crippen LogP contribution in [0.1, 0.15) is 16.7 Å². The van der Waals surface area contributed by atoms with Gasteiger partial charge >= 0.3 is 0 Å². The van der Waals surface area contributed by atoms with Crippen LogP contribution in [0.25, 0.3) is 0 Å². The van der Waals surface area contributed by atoms with E-state index in [-0.39, 0.29) is 0 Å². The summed E-state index contributed by atoms with van der Waals surface area (Å²) in [6.07, 6.45) is 0. The fourth-order valence-electron chi connectivity index (χ4n) is 2.38. The van der Waals surface area contributed by atoms with Crippen molar-refractivity contribution < 1.29 is 0 Å². The Hall–Kier alpha value is -0.450. The molecule has 1 aromatic heterocycles. The van der Waals surface area contributed by atoms with E-state index in [1.54, 1.807) is 0 Å². The molecule has 0 radical (unpaired) electrons. The van der Waals surface area contributed by atoms with Crippen LogP contribution in [0.3, 0.4) is 0 Å². The number of hydrogen-bond acceptors (Lipinski definition) is 4. The number of aryl methyl sites for hydroxylation is 1. The number of aromatic nitrogens is 1. The van der Waals surface area contributed by atoms with Crippen LogP contribution in [0.15, 0.2) is 5.38 Å². The Morgan fingerprint density at radius 2 is 2.14 bits per heavy atom. The van der Waals surface area contributed by atoms with Crippen molar-refractivity contribution in [3.8, 4) is 0 Å². The minimum Gasteiger partial charge on any atom is -0.299 e. The summed E-state index contributed by atoms with van der Waals surface area (Å²) in [7, 11) is 0. The highest BCUT2D eigenvalue weighted by Gasteiger charge is 2.34. The smallest absolute Gasteiger partial charge is 0.111 e. The van der Waals surface area contributed by atoms with Gasteiger partial charge in [0.05, 0.1) is 6.04 Å². The van der Waals surface area contributed by atoms with E-state index in [1.807, 2.05) is 11.3 Å². The molecular formula is C10H15N3S. The Kier molecular flexibility index (Phi) is 2.08. The fraction of sp³-hybridized carbons (Fsp3) is 0.700. The van der Waals surface area contributed by atoms with E-state index in [0.717, 1.165) is 0 Å². The molecule has 4 heteroatoms. The molecule has 4 rings (SSSR count). The van der Waals surface area contributed by atoms with Crippen LogP contribution in [0.2, 0.25) is 0 Å². The monoisotopic (exact) mass is 209 g/mol. The number of nitrogens with zero attached hydrogens (tertiary/aromatic N) is 3. The van der Waals surface area contributed by atoms with Crippen molar-refractivity contribution in [1.29, 1.82) is 0 Å². The van der Waals surface area contributed by atoms with Gasteiger partial charge in [-0.15, -0.1) is 11.3 Å². The van der Waals surface area contributed by atoms with Crippen LogP contribution in [0.5, 0.6) is 0 Å². The van der Waals surface area contributed by atoms with Gasteiger partial charge in [0, 0.05) is 43.8 Å². The van der Waals surface area contributed by atoms with Crippen LogP contribution < -0.4 is 0 Å². The number of thiazole rings is 1. The van der Waals surface area contributed by atoms with Gasteiger partial charge < -0.3 is 0 Å². The summed E-state index contributed by atoms with van der Waals surface area (Å²) >= 11 is 1.82. The average Bonchev–Trinajstić information content (AvgIpc) is 2.66. The van der Waals surface area contributed by atoms with Crippen LogP contribution in [-0.2, 0) is 0 Å². The molecule has 2 bridgehead atoms. The molecular weight excluding hydrogens is 194 g/mol. The maximum Gasteiger partial charge on any atom is 0.111 e. The minimum atomic E-state index is 0.580. The Balaban J connectivity index is 1.85. The average molecular weight is 209 g/mol. The van der Waals surface area contributed by atoms with E-state index in [0.29, 0.717) is 6.04 Å². The van der Waals surface area contributed by atoms with Crippen molar-refractivity contribution in [3.63, 3.8) is 0 Å². The lowest BCUT2D eigenvalue weighted by Gasteiger charge is -2.46. The van der Waals surface area contributed by atoms with Gasteiger partial charge in [0.15, 0.2) is 0 Å². The van der Waals surface area contributed by atoms with Crippen LogP contribution >= 0.6 is 11.3 Å². The first-order chi connectivity index (χ1) is 6.83. The van der Waals surface area contributed by atoms with E-state index in [1.165, 1.54) is 43.4 Å². The van der Waals surface area contributed by atoms with Crippen molar-refractivity contribution >= 4 is 11.3 Å². The third kappa shape index (κ3) is 1.38. The maximum absolute atomic E-state index is 4.60. The molecule has 3 aliphatic rings. The van der Waals surface area contributed by atoms with Gasteiger partial charge in [0.1, 0.15) is 5.01 Å². The summed E-state index contributed by atoms with van der Waals surface area (Å²) in [4.78, 5) is 9.74. The summed E-state index contributed by atoms with van der Waals surface area (Å²) in [5, 5.41) is 3.47. The van der Waals surface area contributed by atoms with Crippen molar-refractivity contribution in [1.82, 2.24) is 14.8 Å². The lowest BCUT2D eigenvalue weighted by Crippen LogP contribution is -2.56. The molecule has 4 heterocycles. The third-order valence-corrected chi connectivity index (χ3v) is 4.26. The summed E-state index contributed by atoms with van der Waals surface area (Å²) in [6.45, 7) is 8.22. The summed E-state index contributed by atoms with van der Waals surface area (Å²) in [6, 6.07) is 0.580. The van der Waals surface area contributed by atoms with Crippen molar-refractivity contribution in [2.24, 2.45) is 0 Å². The first-order valence-electron chi connectivity index (χ1n) is 5.21. The molecule has 1 unspecified atom stereocenters. The van der Waals surface area contributed by atoms with E-state index in [2.05, 4.69) is 27.1 Å². The molecule has 76 valence electrons. The molecule has 1 atom stereocenters. The maximum atomic E-state index is 4.60. The van der Waals surface area contributed by atoms with Gasteiger partial charge in [-0.05, 0) is 6.92 Å². The molecule has 3 fully saturated rings. The standard InChI is InChI=1S/C10H15N3S/c1-8-7-14-10(11-8)9-6-12-2-4-13(9)5-3-12/h7,9H,2-6H2,1H3. The zero-order chi connectivity index (χ0) is 9.54. The van der Waals surface area contributed by atoms with Gasteiger partial charge in [0.25, 0.3) is 0 Å². The lowest BCUT2D eigenvalue weighted by atomic mass is 10.1. The Morgan fingerprint density at radius 3 is 2.64 bits per heavy atom. The number of hydrogen-bond donors (Lipinski definition) is 0. The summed E-state index contributed by atoms with van der Waals surface area (Å²) in [5.41, 5.74) is 1.17. The molecule has 14 heavy (non-hydrogen) atoms. The highest BCUT2D eigenvalue weighted by Crippen LogP contribution is 2.30. The van der Waals surface area contributed by atoms with E-state index >= 15 is 0 Å². The second kappa shape index (κ2) is 3.29. The van der Waals surface area contributed by atoms with Crippen LogP contribution in [-0.4, -0.2) is 47.5 Å². The minimum absolute atomic E-state index is 0.580. The second-order valence-corrected chi connectivity index (χ2v) is 5.07. The molecule has 3 aliphatic heterocycles. The largest absolute Gasteiger partial charge is 0.299 e. The van der Waals surface area contributed by atoms with Gasteiger partial charge in [-0.25, -0.2) is 4.98 Å². The Labute approximate surface area is 88.4 Å². The number of fused-ring (bicyclic) bond motifs is 3. The molecule has 0 aromatic carbocycles. The molecule has 3 saturated heterocycles. The lowest BCUT2D eigenvalue weighted by molar-refractivity contribution is 0.0122. The third-order valence-electron chi connectivity index (χ3n) is 3.20. The summed E-state index contributed by atoms with van der Waals surface area (Å²) in [5.74, 6) is 0. The van der Waals surface area contributed by atoms with Crippen molar-refractivity contribution in [2.75, 3.05) is 32.7 Å². The first kappa shape index (κ1) is 8.83. The molecule has 1 aromatic rings. The highest BCUT2D eigenvalue weighted by atomic mass is 32.1. The SMILES string of the molecule is Cc1csc(C2CN3CCN2CC3)n1. The highest BCUT2D eigenvalue weighted by molar-refractivity contribution is 7.09. The predicted molar refractivity (Wildman–Crippen MR) is 57.6 cm³/mol. The molecule has 3 nitrogen and oxygen atoms in total. The zero-order valence-electron chi connectivity index (χ0n) is 8.44.